The molecule has 0 spiro atoms. The van der Waals surface area contributed by atoms with Gasteiger partial charge in [-0.15, -0.1) is 0 Å². The zero-order valence-corrected chi connectivity index (χ0v) is 13.8. The van der Waals surface area contributed by atoms with E-state index in [1.54, 1.807) is 0 Å². The molecule has 0 bridgehead atoms. The fourth-order valence-corrected chi connectivity index (χ4v) is 3.17. The molecule has 1 N–H and O–H groups in total. The molecule has 0 amide bonds. The molecule has 1 atom stereocenters. The van der Waals surface area contributed by atoms with Crippen molar-refractivity contribution in [3.8, 4) is 0 Å². The minimum atomic E-state index is 0.704. The predicted molar refractivity (Wildman–Crippen MR) is 89.8 cm³/mol. The maximum absolute atomic E-state index is 4.47. The monoisotopic (exact) mass is 290 g/mol. The van der Waals surface area contributed by atoms with Crippen LogP contribution >= 0.6 is 0 Å². The number of hydrogen-bond donors (Lipinski definition) is 1. The standard InChI is InChI=1S/C17H30N4/c1-4-9-18-13-15-12-16(7-10-19-15)21-11-8-17(14-21)20(5-2)6-3/h7,10,12,17-18H,4-6,8-9,11,13-14H2,1-3H3. The summed E-state index contributed by atoms with van der Waals surface area (Å²) in [6, 6.07) is 5.09. The van der Waals surface area contributed by atoms with E-state index in [4.69, 9.17) is 0 Å². The number of nitrogens with zero attached hydrogens (tertiary/aromatic N) is 3. The van der Waals surface area contributed by atoms with Crippen LogP contribution in [0.25, 0.3) is 0 Å². The minimum Gasteiger partial charge on any atom is -0.370 e. The van der Waals surface area contributed by atoms with Gasteiger partial charge in [0.15, 0.2) is 0 Å². The molecule has 1 unspecified atom stereocenters. The highest BCUT2D eigenvalue weighted by molar-refractivity contribution is 5.47. The first-order chi connectivity index (χ1) is 10.3. The van der Waals surface area contributed by atoms with Crippen molar-refractivity contribution in [3.05, 3.63) is 24.0 Å². The van der Waals surface area contributed by atoms with Gasteiger partial charge >= 0.3 is 0 Å². The summed E-state index contributed by atoms with van der Waals surface area (Å²) >= 11 is 0. The van der Waals surface area contributed by atoms with E-state index in [0.717, 1.165) is 51.4 Å². The Morgan fingerprint density at radius 2 is 2.14 bits per heavy atom. The van der Waals surface area contributed by atoms with E-state index in [9.17, 15) is 0 Å². The highest BCUT2D eigenvalue weighted by Gasteiger charge is 2.26. The Kier molecular flexibility index (Phi) is 6.46. The Morgan fingerprint density at radius 1 is 1.33 bits per heavy atom. The summed E-state index contributed by atoms with van der Waals surface area (Å²) in [6.45, 7) is 13.2. The van der Waals surface area contributed by atoms with E-state index in [0.29, 0.717) is 6.04 Å². The van der Waals surface area contributed by atoms with E-state index >= 15 is 0 Å². The lowest BCUT2D eigenvalue weighted by Crippen LogP contribution is -2.37. The smallest absolute Gasteiger partial charge is 0.0562 e. The van der Waals surface area contributed by atoms with Crippen LogP contribution < -0.4 is 10.2 Å². The van der Waals surface area contributed by atoms with Gasteiger partial charge in [-0.1, -0.05) is 20.8 Å². The van der Waals surface area contributed by atoms with Crippen molar-refractivity contribution in [1.82, 2.24) is 15.2 Å². The fourth-order valence-electron chi connectivity index (χ4n) is 3.17. The van der Waals surface area contributed by atoms with Crippen molar-refractivity contribution >= 4 is 5.69 Å². The molecule has 2 heterocycles. The van der Waals surface area contributed by atoms with E-state index < -0.39 is 0 Å². The van der Waals surface area contributed by atoms with Crippen molar-refractivity contribution in [2.24, 2.45) is 0 Å². The predicted octanol–water partition coefficient (Wildman–Crippen LogP) is 2.50. The maximum atomic E-state index is 4.47. The molecule has 4 heteroatoms. The SMILES string of the molecule is CCCNCc1cc(N2CCC(N(CC)CC)C2)ccn1. The number of anilines is 1. The third-order valence-corrected chi connectivity index (χ3v) is 4.39. The molecule has 4 nitrogen and oxygen atoms in total. The van der Waals surface area contributed by atoms with Crippen LogP contribution in [0.1, 0.15) is 39.3 Å². The lowest BCUT2D eigenvalue weighted by molar-refractivity contribution is 0.232. The molecule has 1 aromatic rings. The molecular weight excluding hydrogens is 260 g/mol. The average Bonchev–Trinajstić information content (AvgIpc) is 2.99. The first-order valence-electron chi connectivity index (χ1n) is 8.43. The summed E-state index contributed by atoms with van der Waals surface area (Å²) < 4.78 is 0. The Labute approximate surface area is 129 Å². The molecule has 1 aromatic heterocycles. The topological polar surface area (TPSA) is 31.4 Å². The third kappa shape index (κ3) is 4.42. The van der Waals surface area contributed by atoms with Crippen molar-refractivity contribution in [3.63, 3.8) is 0 Å². The van der Waals surface area contributed by atoms with Gasteiger partial charge in [0.25, 0.3) is 0 Å². The molecule has 0 aromatic carbocycles. The highest BCUT2D eigenvalue weighted by Crippen LogP contribution is 2.23. The fraction of sp³-hybridized carbons (Fsp3) is 0.706. The van der Waals surface area contributed by atoms with Gasteiger partial charge in [0.05, 0.1) is 5.69 Å². The van der Waals surface area contributed by atoms with Gasteiger partial charge in [0, 0.05) is 37.6 Å². The Hall–Kier alpha value is -1.13. The summed E-state index contributed by atoms with van der Waals surface area (Å²) in [5, 5.41) is 3.43. The van der Waals surface area contributed by atoms with Crippen molar-refractivity contribution in [2.75, 3.05) is 37.6 Å². The Balaban J connectivity index is 1.94. The minimum absolute atomic E-state index is 0.704. The number of nitrogens with one attached hydrogen (secondary N) is 1. The summed E-state index contributed by atoms with van der Waals surface area (Å²) in [5.74, 6) is 0. The molecule has 0 radical (unpaired) electrons. The maximum Gasteiger partial charge on any atom is 0.0562 e. The van der Waals surface area contributed by atoms with Crippen LogP contribution in [0.2, 0.25) is 0 Å². The van der Waals surface area contributed by atoms with Gasteiger partial charge in [-0.25, -0.2) is 0 Å². The normalized spacial score (nSPS) is 18.7. The van der Waals surface area contributed by atoms with Crippen molar-refractivity contribution < 1.29 is 0 Å². The summed E-state index contributed by atoms with van der Waals surface area (Å²) in [6.07, 6.45) is 4.38. The second-order valence-corrected chi connectivity index (χ2v) is 5.79. The second kappa shape index (κ2) is 8.35. The second-order valence-electron chi connectivity index (χ2n) is 5.79. The Bertz CT molecular complexity index is 417. The van der Waals surface area contributed by atoms with E-state index in [1.807, 2.05) is 6.20 Å². The van der Waals surface area contributed by atoms with Crippen LogP contribution in [0, 0.1) is 0 Å². The van der Waals surface area contributed by atoms with Crippen LogP contribution in [0.3, 0.4) is 0 Å². The largest absolute Gasteiger partial charge is 0.370 e. The van der Waals surface area contributed by atoms with Crippen LogP contribution in [-0.4, -0.2) is 48.6 Å². The zero-order chi connectivity index (χ0) is 15.1. The highest BCUT2D eigenvalue weighted by atomic mass is 15.2. The number of aromatic nitrogens is 1. The molecule has 1 aliphatic heterocycles. The summed E-state index contributed by atoms with van der Waals surface area (Å²) in [4.78, 5) is 9.55. The first kappa shape index (κ1) is 16.2. The van der Waals surface area contributed by atoms with E-state index in [2.05, 4.69) is 53.0 Å². The van der Waals surface area contributed by atoms with Gasteiger partial charge in [-0.05, 0) is 44.6 Å². The Morgan fingerprint density at radius 3 is 2.86 bits per heavy atom. The first-order valence-corrected chi connectivity index (χ1v) is 8.43. The summed E-state index contributed by atoms with van der Waals surface area (Å²) in [7, 11) is 0. The van der Waals surface area contributed by atoms with Crippen molar-refractivity contribution in [1.29, 1.82) is 0 Å². The van der Waals surface area contributed by atoms with E-state index in [1.165, 1.54) is 12.1 Å². The van der Waals surface area contributed by atoms with Crippen LogP contribution in [0.4, 0.5) is 5.69 Å². The molecule has 21 heavy (non-hydrogen) atoms. The van der Waals surface area contributed by atoms with Crippen LogP contribution in [0.15, 0.2) is 18.3 Å². The van der Waals surface area contributed by atoms with Crippen molar-refractivity contribution in [2.45, 2.75) is 46.2 Å². The lowest BCUT2D eigenvalue weighted by Gasteiger charge is -2.26. The van der Waals surface area contributed by atoms with E-state index in [-0.39, 0.29) is 0 Å². The van der Waals surface area contributed by atoms with Gasteiger partial charge < -0.3 is 10.2 Å². The molecule has 118 valence electrons. The molecular formula is C17H30N4. The van der Waals surface area contributed by atoms with Crippen LogP contribution in [-0.2, 0) is 6.54 Å². The molecule has 1 fully saturated rings. The molecule has 0 aliphatic carbocycles. The van der Waals surface area contributed by atoms with Gasteiger partial charge in [-0.3, -0.25) is 9.88 Å². The summed E-state index contributed by atoms with van der Waals surface area (Å²) in [5.41, 5.74) is 2.47. The lowest BCUT2D eigenvalue weighted by atomic mass is 10.2. The average molecular weight is 290 g/mol. The zero-order valence-electron chi connectivity index (χ0n) is 13.8. The van der Waals surface area contributed by atoms with Gasteiger partial charge in [-0.2, -0.15) is 0 Å². The molecule has 0 saturated carbocycles. The number of likely N-dealkylation sites (N-methyl/N-ethyl adjacent to an activating group) is 1. The van der Waals surface area contributed by atoms with Crippen LogP contribution in [0.5, 0.6) is 0 Å². The van der Waals surface area contributed by atoms with Gasteiger partial charge in [0.1, 0.15) is 0 Å². The number of rotatable bonds is 8. The third-order valence-electron chi connectivity index (χ3n) is 4.39. The molecule has 1 saturated heterocycles. The van der Waals surface area contributed by atoms with Gasteiger partial charge in [0.2, 0.25) is 0 Å². The molecule has 2 rings (SSSR count). The quantitative estimate of drug-likeness (QED) is 0.746. The molecule has 1 aliphatic rings. The number of hydrogen-bond acceptors (Lipinski definition) is 4. The number of pyridine rings is 1.